The summed E-state index contributed by atoms with van der Waals surface area (Å²) in [5, 5.41) is 18.5. The van der Waals surface area contributed by atoms with Crippen molar-refractivity contribution in [1.82, 2.24) is 10.2 Å². The minimum Gasteiger partial charge on any atom is -0.507 e. The summed E-state index contributed by atoms with van der Waals surface area (Å²) in [7, 11) is 0. The Kier molecular flexibility index (Phi) is 7.35. The van der Waals surface area contributed by atoms with E-state index in [0.717, 1.165) is 6.20 Å². The van der Waals surface area contributed by atoms with Gasteiger partial charge < -0.3 is 10.4 Å². The number of H-pyrrole nitrogens is 1. The summed E-state index contributed by atoms with van der Waals surface area (Å²) in [4.78, 5) is 8.52. The van der Waals surface area contributed by atoms with Gasteiger partial charge in [-0.25, -0.2) is 4.99 Å². The molecule has 0 aliphatic carbocycles. The molecule has 158 valence electrons. The van der Waals surface area contributed by atoms with E-state index in [9.17, 15) is 18.3 Å². The highest BCUT2D eigenvalue weighted by atomic mass is 19.4. The van der Waals surface area contributed by atoms with Crippen LogP contribution in [0.15, 0.2) is 59.4 Å². The number of hydrogen-bond acceptors (Lipinski definition) is 4. The SMILES string of the molecule is C=Cc1ccc(NC(=N/C=C\C)C(C)=N/C=C(\C)c2cn[nH]c2C(F)(F)F)cc1O. The highest BCUT2D eigenvalue weighted by Crippen LogP contribution is 2.33. The minimum absolute atomic E-state index is 0.0466. The lowest BCUT2D eigenvalue weighted by atomic mass is 10.1. The van der Waals surface area contributed by atoms with Crippen molar-refractivity contribution >= 4 is 28.9 Å². The van der Waals surface area contributed by atoms with Crippen molar-refractivity contribution in [2.24, 2.45) is 9.98 Å². The number of benzene rings is 1. The lowest BCUT2D eigenvalue weighted by Crippen LogP contribution is -2.20. The van der Waals surface area contributed by atoms with Crippen LogP contribution in [-0.4, -0.2) is 26.9 Å². The van der Waals surface area contributed by atoms with E-state index in [-0.39, 0.29) is 16.9 Å². The molecule has 0 radical (unpaired) electrons. The van der Waals surface area contributed by atoms with E-state index in [1.165, 1.54) is 25.3 Å². The highest BCUT2D eigenvalue weighted by Gasteiger charge is 2.35. The lowest BCUT2D eigenvalue weighted by Gasteiger charge is -2.10. The van der Waals surface area contributed by atoms with E-state index in [0.29, 0.717) is 22.8 Å². The average molecular weight is 417 g/mol. The largest absolute Gasteiger partial charge is 0.507 e. The van der Waals surface area contributed by atoms with Gasteiger partial charge in [0.2, 0.25) is 0 Å². The van der Waals surface area contributed by atoms with Gasteiger partial charge in [0.1, 0.15) is 11.4 Å². The number of aromatic amines is 1. The van der Waals surface area contributed by atoms with Crippen LogP contribution in [0.5, 0.6) is 5.75 Å². The first-order valence-electron chi connectivity index (χ1n) is 8.91. The highest BCUT2D eigenvalue weighted by molar-refractivity contribution is 6.45. The van der Waals surface area contributed by atoms with Gasteiger partial charge in [-0.05, 0) is 38.5 Å². The second-order valence-corrected chi connectivity index (χ2v) is 6.25. The third kappa shape index (κ3) is 5.69. The average Bonchev–Trinajstić information content (AvgIpc) is 3.19. The molecule has 0 atom stereocenters. The lowest BCUT2D eigenvalue weighted by molar-refractivity contribution is -0.141. The summed E-state index contributed by atoms with van der Waals surface area (Å²) in [6.45, 7) is 8.59. The Morgan fingerprint density at radius 2 is 2.00 bits per heavy atom. The zero-order chi connectivity index (χ0) is 22.3. The second kappa shape index (κ2) is 9.73. The number of phenolic OH excluding ortho intramolecular Hbond substituents is 1. The van der Waals surface area contributed by atoms with Crippen LogP contribution in [0.4, 0.5) is 18.9 Å². The topological polar surface area (TPSA) is 85.7 Å². The standard InChI is InChI=1S/C21H22F3N5O/c1-5-9-25-20(28-16-8-7-15(6-2)18(30)10-16)14(4)26-11-13(3)17-12-27-29-19(17)21(22,23)24/h5-12,30H,2H2,1,3-4H3,(H,25,28)(H,27,29)/b9-5-,13-11+,26-14?. The number of nitrogens with one attached hydrogen (secondary N) is 2. The fourth-order valence-electron chi connectivity index (χ4n) is 2.42. The van der Waals surface area contributed by atoms with Crippen molar-refractivity contribution in [2.45, 2.75) is 26.9 Å². The van der Waals surface area contributed by atoms with Gasteiger partial charge in [-0.1, -0.05) is 18.7 Å². The first kappa shape index (κ1) is 22.7. The molecule has 0 saturated heterocycles. The molecule has 0 bridgehead atoms. The van der Waals surface area contributed by atoms with E-state index < -0.39 is 11.9 Å². The number of halogens is 3. The number of alkyl halides is 3. The van der Waals surface area contributed by atoms with Gasteiger partial charge in [-0.3, -0.25) is 10.1 Å². The predicted molar refractivity (Wildman–Crippen MR) is 114 cm³/mol. The Hall–Kier alpha value is -3.62. The number of aromatic hydroxyl groups is 1. The van der Waals surface area contributed by atoms with E-state index in [1.807, 2.05) is 5.10 Å². The number of amidine groups is 1. The molecular weight excluding hydrogens is 395 g/mol. The molecule has 6 nitrogen and oxygen atoms in total. The quantitative estimate of drug-likeness (QED) is 0.420. The smallest absolute Gasteiger partial charge is 0.433 e. The van der Waals surface area contributed by atoms with Gasteiger partial charge >= 0.3 is 6.18 Å². The van der Waals surface area contributed by atoms with Crippen molar-refractivity contribution in [1.29, 1.82) is 0 Å². The molecule has 3 N–H and O–H groups in total. The number of allylic oxidation sites excluding steroid dienone is 2. The molecule has 1 heterocycles. The van der Waals surface area contributed by atoms with Crippen molar-refractivity contribution in [2.75, 3.05) is 5.32 Å². The third-order valence-corrected chi connectivity index (χ3v) is 4.01. The maximum absolute atomic E-state index is 13.0. The molecule has 0 aliphatic rings. The number of hydrogen-bond donors (Lipinski definition) is 3. The molecule has 2 aromatic rings. The fourth-order valence-corrected chi connectivity index (χ4v) is 2.42. The fraction of sp³-hybridized carbons (Fsp3) is 0.190. The monoisotopic (exact) mass is 417 g/mol. The van der Waals surface area contributed by atoms with E-state index in [2.05, 4.69) is 27.0 Å². The van der Waals surface area contributed by atoms with Crippen molar-refractivity contribution in [3.8, 4) is 5.75 Å². The predicted octanol–water partition coefficient (Wildman–Crippen LogP) is 5.64. The maximum Gasteiger partial charge on any atom is 0.433 e. The third-order valence-electron chi connectivity index (χ3n) is 4.01. The number of phenols is 1. The van der Waals surface area contributed by atoms with Gasteiger partial charge in [0.25, 0.3) is 0 Å². The molecule has 1 aromatic heterocycles. The summed E-state index contributed by atoms with van der Waals surface area (Å²) in [5.74, 6) is 0.413. The maximum atomic E-state index is 13.0. The van der Waals surface area contributed by atoms with Gasteiger partial charge in [0.05, 0.1) is 11.9 Å². The number of nitrogens with zero attached hydrogens (tertiary/aromatic N) is 3. The molecule has 30 heavy (non-hydrogen) atoms. The zero-order valence-electron chi connectivity index (χ0n) is 16.7. The Morgan fingerprint density at radius 1 is 1.27 bits per heavy atom. The summed E-state index contributed by atoms with van der Waals surface area (Å²) < 4.78 is 39.1. The van der Waals surface area contributed by atoms with Gasteiger partial charge in [-0.15, -0.1) is 0 Å². The van der Waals surface area contributed by atoms with Crippen molar-refractivity contribution in [3.05, 3.63) is 66.3 Å². The molecule has 0 unspecified atom stereocenters. The molecule has 0 amide bonds. The second-order valence-electron chi connectivity index (χ2n) is 6.25. The Balaban J connectivity index is 2.33. The Labute approximate surface area is 172 Å². The number of rotatable bonds is 6. The van der Waals surface area contributed by atoms with Crippen molar-refractivity contribution in [3.63, 3.8) is 0 Å². The molecular formula is C21H22F3N5O. The summed E-state index contributed by atoms with van der Waals surface area (Å²) in [5.41, 5.74) is 0.847. The summed E-state index contributed by atoms with van der Waals surface area (Å²) >= 11 is 0. The molecule has 0 saturated carbocycles. The molecule has 9 heteroatoms. The first-order valence-corrected chi connectivity index (χ1v) is 8.91. The van der Waals surface area contributed by atoms with Gasteiger partial charge in [-0.2, -0.15) is 18.3 Å². The van der Waals surface area contributed by atoms with Crippen LogP contribution in [-0.2, 0) is 6.18 Å². The van der Waals surface area contributed by atoms with Crippen LogP contribution < -0.4 is 5.32 Å². The van der Waals surface area contributed by atoms with Crippen LogP contribution in [0, 0.1) is 0 Å². The number of anilines is 1. The van der Waals surface area contributed by atoms with Crippen LogP contribution in [0.2, 0.25) is 0 Å². The minimum atomic E-state index is -4.54. The van der Waals surface area contributed by atoms with E-state index in [1.54, 1.807) is 38.3 Å². The summed E-state index contributed by atoms with van der Waals surface area (Å²) in [6, 6.07) is 4.93. The number of aromatic nitrogens is 2. The van der Waals surface area contributed by atoms with Crippen LogP contribution in [0.3, 0.4) is 0 Å². The normalized spacial score (nSPS) is 13.7. The molecule has 0 fully saturated rings. The van der Waals surface area contributed by atoms with Gasteiger partial charge in [0, 0.05) is 35.3 Å². The van der Waals surface area contributed by atoms with Crippen LogP contribution in [0.25, 0.3) is 11.6 Å². The van der Waals surface area contributed by atoms with Crippen LogP contribution in [0.1, 0.15) is 37.6 Å². The molecule has 1 aromatic carbocycles. The Bertz CT molecular complexity index is 1030. The molecule has 0 spiro atoms. The zero-order valence-corrected chi connectivity index (χ0v) is 16.7. The molecule has 2 rings (SSSR count). The first-order chi connectivity index (χ1) is 14.2. The number of aliphatic imine (C=N–C) groups is 2. The van der Waals surface area contributed by atoms with Gasteiger partial charge in [0.15, 0.2) is 5.84 Å². The summed E-state index contributed by atoms with van der Waals surface area (Å²) in [6.07, 6.45) is 2.68. The van der Waals surface area contributed by atoms with E-state index in [4.69, 9.17) is 0 Å². The molecule has 0 aliphatic heterocycles. The van der Waals surface area contributed by atoms with Crippen LogP contribution >= 0.6 is 0 Å². The van der Waals surface area contributed by atoms with E-state index >= 15 is 0 Å². The Morgan fingerprint density at radius 3 is 2.60 bits per heavy atom. The van der Waals surface area contributed by atoms with Crippen molar-refractivity contribution < 1.29 is 18.3 Å².